The number of nitrogens with two attached hydrogens (primary N) is 1. The smallest absolute Gasteiger partial charge is 0.275 e. The van der Waals surface area contributed by atoms with Crippen molar-refractivity contribution < 1.29 is 14.0 Å². The Kier molecular flexibility index (Phi) is 5.62. The molecule has 1 atom stereocenters. The van der Waals surface area contributed by atoms with E-state index in [1.165, 1.54) is 0 Å². The molecule has 4 rings (SSSR count). The molecule has 9 heteroatoms. The third kappa shape index (κ3) is 3.97. The summed E-state index contributed by atoms with van der Waals surface area (Å²) in [6.45, 7) is 1.91. The van der Waals surface area contributed by atoms with Crippen LogP contribution in [0.1, 0.15) is 35.1 Å². The summed E-state index contributed by atoms with van der Waals surface area (Å²) in [4.78, 5) is 39.4. The van der Waals surface area contributed by atoms with Crippen molar-refractivity contribution in [1.82, 2.24) is 20.0 Å². The average Bonchev–Trinajstić information content (AvgIpc) is 3.45. The van der Waals surface area contributed by atoms with Gasteiger partial charge in [0.1, 0.15) is 12.3 Å². The fourth-order valence-corrected chi connectivity index (χ4v) is 3.87. The van der Waals surface area contributed by atoms with Crippen LogP contribution in [0.3, 0.4) is 0 Å². The van der Waals surface area contributed by atoms with Gasteiger partial charge in [-0.05, 0) is 44.1 Å². The first-order valence-corrected chi connectivity index (χ1v) is 9.88. The van der Waals surface area contributed by atoms with Crippen molar-refractivity contribution in [3.05, 3.63) is 64.5 Å². The highest BCUT2D eigenvalue weighted by Crippen LogP contribution is 2.24. The number of likely N-dealkylation sites (tertiary alicyclic amines) is 1. The first-order chi connectivity index (χ1) is 14.5. The van der Waals surface area contributed by atoms with E-state index < -0.39 is 11.5 Å². The minimum Gasteiger partial charge on any atom is -0.468 e. The van der Waals surface area contributed by atoms with E-state index in [1.807, 2.05) is 12.1 Å². The number of furan rings is 1. The molecule has 2 amide bonds. The van der Waals surface area contributed by atoms with Gasteiger partial charge in [0.25, 0.3) is 11.5 Å². The Morgan fingerprint density at radius 3 is 2.53 bits per heavy atom. The standard InChI is InChI=1S/C21H23N5O4/c22-20(28)19-14-6-1-2-7-15(14)21(29)26(24-19)13-18(27)23-12-16(17-8-5-11-30-17)25-9-3-4-10-25/h1-2,5-8,11,16H,3-4,9-10,12-13H2,(H2,22,28)(H,23,27)/t16-/m0/s1. The van der Waals surface area contributed by atoms with Gasteiger partial charge in [0.05, 0.1) is 17.7 Å². The Bertz CT molecular complexity index is 1120. The molecule has 0 spiro atoms. The number of carbonyl (C=O) groups excluding carboxylic acids is 2. The molecular weight excluding hydrogens is 386 g/mol. The number of hydrogen-bond donors (Lipinski definition) is 2. The van der Waals surface area contributed by atoms with Gasteiger partial charge in [0.15, 0.2) is 5.69 Å². The Hall–Kier alpha value is -3.46. The zero-order valence-electron chi connectivity index (χ0n) is 16.4. The molecule has 30 heavy (non-hydrogen) atoms. The predicted molar refractivity (Wildman–Crippen MR) is 110 cm³/mol. The van der Waals surface area contributed by atoms with Crippen molar-refractivity contribution in [2.24, 2.45) is 5.73 Å². The average molecular weight is 409 g/mol. The summed E-state index contributed by atoms with van der Waals surface area (Å²) in [6.07, 6.45) is 3.83. The van der Waals surface area contributed by atoms with E-state index in [1.54, 1.807) is 30.5 Å². The number of rotatable bonds is 7. The number of hydrogen-bond acceptors (Lipinski definition) is 6. The van der Waals surface area contributed by atoms with Gasteiger partial charge in [-0.15, -0.1) is 0 Å². The lowest BCUT2D eigenvalue weighted by atomic mass is 10.1. The largest absolute Gasteiger partial charge is 0.468 e. The lowest BCUT2D eigenvalue weighted by molar-refractivity contribution is -0.122. The van der Waals surface area contributed by atoms with E-state index in [2.05, 4.69) is 15.3 Å². The van der Waals surface area contributed by atoms with Crippen molar-refractivity contribution in [3.8, 4) is 0 Å². The van der Waals surface area contributed by atoms with Crippen LogP contribution in [0.2, 0.25) is 0 Å². The van der Waals surface area contributed by atoms with Gasteiger partial charge in [0.2, 0.25) is 5.91 Å². The maximum absolute atomic E-state index is 12.7. The van der Waals surface area contributed by atoms with E-state index in [0.717, 1.165) is 36.4 Å². The minimum atomic E-state index is -0.757. The molecule has 1 aromatic carbocycles. The molecule has 0 saturated carbocycles. The van der Waals surface area contributed by atoms with Crippen LogP contribution in [0.25, 0.3) is 10.8 Å². The van der Waals surface area contributed by atoms with Crippen LogP contribution in [0.4, 0.5) is 0 Å². The zero-order valence-corrected chi connectivity index (χ0v) is 16.4. The summed E-state index contributed by atoms with van der Waals surface area (Å²) in [5, 5.41) is 7.56. The van der Waals surface area contributed by atoms with Gasteiger partial charge in [0, 0.05) is 11.9 Å². The molecule has 1 aliphatic heterocycles. The molecule has 1 fully saturated rings. The number of carbonyl (C=O) groups is 2. The molecule has 156 valence electrons. The molecule has 3 heterocycles. The molecule has 0 radical (unpaired) electrons. The molecule has 3 aromatic rings. The van der Waals surface area contributed by atoms with Crippen LogP contribution in [-0.2, 0) is 11.3 Å². The van der Waals surface area contributed by atoms with E-state index in [9.17, 15) is 14.4 Å². The summed E-state index contributed by atoms with van der Waals surface area (Å²) >= 11 is 0. The van der Waals surface area contributed by atoms with Gasteiger partial charge in [-0.3, -0.25) is 19.3 Å². The van der Waals surface area contributed by atoms with Crippen LogP contribution in [0, 0.1) is 0 Å². The van der Waals surface area contributed by atoms with Crippen LogP contribution < -0.4 is 16.6 Å². The van der Waals surface area contributed by atoms with Crippen LogP contribution >= 0.6 is 0 Å². The second kappa shape index (κ2) is 8.50. The normalized spacial score (nSPS) is 15.3. The Balaban J connectivity index is 1.52. The number of aromatic nitrogens is 2. The third-order valence-electron chi connectivity index (χ3n) is 5.34. The molecule has 0 unspecified atom stereocenters. The van der Waals surface area contributed by atoms with E-state index in [-0.39, 0.29) is 24.2 Å². The number of nitrogens with one attached hydrogen (secondary N) is 1. The first-order valence-electron chi connectivity index (χ1n) is 9.88. The van der Waals surface area contributed by atoms with Crippen molar-refractivity contribution in [3.63, 3.8) is 0 Å². The highest BCUT2D eigenvalue weighted by atomic mass is 16.3. The van der Waals surface area contributed by atoms with Crippen LogP contribution in [-0.4, -0.2) is 46.1 Å². The predicted octanol–water partition coefficient (Wildman–Crippen LogP) is 1.04. The second-order valence-electron chi connectivity index (χ2n) is 7.30. The van der Waals surface area contributed by atoms with Gasteiger partial charge in [-0.1, -0.05) is 18.2 Å². The topological polar surface area (TPSA) is 123 Å². The first kappa shape index (κ1) is 19.8. The fourth-order valence-electron chi connectivity index (χ4n) is 3.87. The summed E-state index contributed by atoms with van der Waals surface area (Å²) < 4.78 is 6.54. The zero-order chi connectivity index (χ0) is 21.1. The highest BCUT2D eigenvalue weighted by Gasteiger charge is 2.26. The number of nitrogens with zero attached hydrogens (tertiary/aromatic N) is 3. The monoisotopic (exact) mass is 409 g/mol. The van der Waals surface area contributed by atoms with E-state index >= 15 is 0 Å². The Morgan fingerprint density at radius 2 is 1.87 bits per heavy atom. The molecule has 0 aliphatic carbocycles. The summed E-state index contributed by atoms with van der Waals surface area (Å²) in [5.74, 6) is -0.354. The van der Waals surface area contributed by atoms with E-state index in [4.69, 9.17) is 10.2 Å². The van der Waals surface area contributed by atoms with Gasteiger partial charge in [-0.25, -0.2) is 4.68 Å². The maximum atomic E-state index is 12.7. The van der Waals surface area contributed by atoms with Crippen molar-refractivity contribution in [1.29, 1.82) is 0 Å². The molecule has 1 aliphatic rings. The summed E-state index contributed by atoms with van der Waals surface area (Å²) in [5.41, 5.74) is 4.93. The van der Waals surface area contributed by atoms with Gasteiger partial charge >= 0.3 is 0 Å². The van der Waals surface area contributed by atoms with Gasteiger partial charge in [-0.2, -0.15) is 5.10 Å². The summed E-state index contributed by atoms with van der Waals surface area (Å²) in [7, 11) is 0. The minimum absolute atomic E-state index is 0.0384. The Labute approximate surface area is 172 Å². The second-order valence-corrected chi connectivity index (χ2v) is 7.30. The van der Waals surface area contributed by atoms with Crippen LogP contribution in [0.5, 0.6) is 0 Å². The Morgan fingerprint density at radius 1 is 1.13 bits per heavy atom. The number of benzene rings is 1. The van der Waals surface area contributed by atoms with Crippen LogP contribution in [0.15, 0.2) is 51.9 Å². The molecular formula is C21H23N5O4. The molecule has 3 N–H and O–H groups in total. The lowest BCUT2D eigenvalue weighted by Gasteiger charge is -2.26. The highest BCUT2D eigenvalue weighted by molar-refractivity contribution is 6.04. The molecule has 2 aromatic heterocycles. The lowest BCUT2D eigenvalue weighted by Crippen LogP contribution is -2.40. The number of amides is 2. The quantitative estimate of drug-likeness (QED) is 0.601. The maximum Gasteiger partial charge on any atom is 0.275 e. The SMILES string of the molecule is NC(=O)c1nn(CC(=O)NC[C@@H](c2ccco2)N2CCCC2)c(=O)c2ccccc12. The van der Waals surface area contributed by atoms with Crippen molar-refractivity contribution >= 4 is 22.6 Å². The fraction of sp³-hybridized carbons (Fsp3) is 0.333. The summed E-state index contributed by atoms with van der Waals surface area (Å²) in [6, 6.07) is 10.2. The van der Waals surface area contributed by atoms with Crippen molar-refractivity contribution in [2.45, 2.75) is 25.4 Å². The van der Waals surface area contributed by atoms with E-state index in [0.29, 0.717) is 17.3 Å². The number of primary amides is 1. The molecule has 0 bridgehead atoms. The van der Waals surface area contributed by atoms with Gasteiger partial charge < -0.3 is 15.5 Å². The van der Waals surface area contributed by atoms with Crippen molar-refractivity contribution in [2.75, 3.05) is 19.6 Å². The third-order valence-corrected chi connectivity index (χ3v) is 5.34. The molecule has 9 nitrogen and oxygen atoms in total. The number of fused-ring (bicyclic) bond motifs is 1. The molecule has 1 saturated heterocycles.